The van der Waals surface area contributed by atoms with Crippen LogP contribution in [-0.2, 0) is 13.0 Å². The molecule has 25 heavy (non-hydrogen) atoms. The molecule has 6 heteroatoms. The van der Waals surface area contributed by atoms with Gasteiger partial charge in [-0.3, -0.25) is 0 Å². The number of carboxylic acids is 1. The zero-order valence-electron chi connectivity index (χ0n) is 14.5. The summed E-state index contributed by atoms with van der Waals surface area (Å²) in [6.45, 7) is 1.47. The normalized spacial score (nSPS) is 12.7. The Morgan fingerprint density at radius 3 is 2.32 bits per heavy atom. The highest BCUT2D eigenvalue weighted by atomic mass is 16.5. The van der Waals surface area contributed by atoms with Gasteiger partial charge in [0.15, 0.2) is 11.5 Å². The number of carbonyl (C=O) groups is 1. The van der Waals surface area contributed by atoms with Crippen LogP contribution in [0.3, 0.4) is 0 Å². The van der Waals surface area contributed by atoms with E-state index in [1.165, 1.54) is 0 Å². The molecule has 0 unspecified atom stereocenters. The highest BCUT2D eigenvalue weighted by molar-refractivity contribution is 5.89. The molecule has 1 heterocycles. The Balaban J connectivity index is 1.92. The molecule has 0 aliphatic carbocycles. The van der Waals surface area contributed by atoms with E-state index in [-0.39, 0.29) is 0 Å². The summed E-state index contributed by atoms with van der Waals surface area (Å²) in [7, 11) is 4.75. The standard InChI is InChI=1S/C19H21NO5/c1-23-16-8-12(9-17(24-2)18(16)25-3)11-20-7-6-13-4-5-14(19(21)22)10-15(13)20/h4-5,8-10H,6-7,11H2,1-3H3,(H,21,22). The van der Waals surface area contributed by atoms with E-state index in [2.05, 4.69) is 4.90 Å². The Morgan fingerprint density at radius 2 is 1.76 bits per heavy atom. The molecule has 1 aliphatic rings. The first kappa shape index (κ1) is 17.0. The van der Waals surface area contributed by atoms with Gasteiger partial charge in [0.2, 0.25) is 5.75 Å². The highest BCUT2D eigenvalue weighted by Gasteiger charge is 2.22. The number of anilines is 1. The van der Waals surface area contributed by atoms with E-state index in [1.807, 2.05) is 18.2 Å². The first-order valence-electron chi connectivity index (χ1n) is 7.97. The van der Waals surface area contributed by atoms with Crippen LogP contribution in [0, 0.1) is 0 Å². The second kappa shape index (κ2) is 6.93. The lowest BCUT2D eigenvalue weighted by atomic mass is 10.1. The molecule has 0 atom stereocenters. The van der Waals surface area contributed by atoms with Gasteiger partial charge in [0.05, 0.1) is 26.9 Å². The van der Waals surface area contributed by atoms with Crippen molar-refractivity contribution in [2.24, 2.45) is 0 Å². The molecule has 0 radical (unpaired) electrons. The number of benzene rings is 2. The predicted molar refractivity (Wildman–Crippen MR) is 94.3 cm³/mol. The van der Waals surface area contributed by atoms with E-state index in [0.29, 0.717) is 29.4 Å². The van der Waals surface area contributed by atoms with E-state index < -0.39 is 5.97 Å². The molecule has 0 saturated heterocycles. The third kappa shape index (κ3) is 3.20. The molecule has 2 aromatic rings. The summed E-state index contributed by atoms with van der Waals surface area (Å²) in [5, 5.41) is 9.22. The SMILES string of the molecule is COc1cc(CN2CCc3ccc(C(=O)O)cc32)cc(OC)c1OC. The van der Waals surface area contributed by atoms with Gasteiger partial charge in [-0.15, -0.1) is 0 Å². The summed E-state index contributed by atoms with van der Waals surface area (Å²) in [5.41, 5.74) is 3.43. The quantitative estimate of drug-likeness (QED) is 0.870. The van der Waals surface area contributed by atoms with Gasteiger partial charge in [0, 0.05) is 18.8 Å². The topological polar surface area (TPSA) is 68.2 Å². The van der Waals surface area contributed by atoms with Crippen LogP contribution < -0.4 is 19.1 Å². The van der Waals surface area contributed by atoms with Crippen LogP contribution in [0.4, 0.5) is 5.69 Å². The summed E-state index contributed by atoms with van der Waals surface area (Å²) in [6, 6.07) is 9.13. The molecule has 132 valence electrons. The van der Waals surface area contributed by atoms with Crippen molar-refractivity contribution in [1.29, 1.82) is 0 Å². The summed E-state index contributed by atoms with van der Waals surface area (Å²) in [4.78, 5) is 13.4. The molecule has 2 aromatic carbocycles. The third-order valence-electron chi connectivity index (χ3n) is 4.42. The van der Waals surface area contributed by atoms with E-state index in [4.69, 9.17) is 14.2 Å². The van der Waals surface area contributed by atoms with Crippen LogP contribution >= 0.6 is 0 Å². The Bertz CT molecular complexity index is 777. The summed E-state index contributed by atoms with van der Waals surface area (Å²) in [6.07, 6.45) is 0.902. The van der Waals surface area contributed by atoms with E-state index in [9.17, 15) is 9.90 Å². The first-order chi connectivity index (χ1) is 12.1. The van der Waals surface area contributed by atoms with E-state index >= 15 is 0 Å². The van der Waals surface area contributed by atoms with Gasteiger partial charge >= 0.3 is 5.97 Å². The summed E-state index contributed by atoms with van der Waals surface area (Å²) < 4.78 is 16.2. The maximum Gasteiger partial charge on any atom is 0.335 e. The number of nitrogens with zero attached hydrogens (tertiary/aromatic N) is 1. The molecule has 0 spiro atoms. The molecule has 0 saturated carbocycles. The van der Waals surface area contributed by atoms with Crippen LogP contribution in [0.25, 0.3) is 0 Å². The number of rotatable bonds is 6. The van der Waals surface area contributed by atoms with Crippen molar-refractivity contribution < 1.29 is 24.1 Å². The Hall–Kier alpha value is -2.89. The van der Waals surface area contributed by atoms with Crippen LogP contribution in [0.2, 0.25) is 0 Å². The molecule has 1 N–H and O–H groups in total. The van der Waals surface area contributed by atoms with E-state index in [1.54, 1.807) is 33.5 Å². The fraction of sp³-hybridized carbons (Fsp3) is 0.316. The van der Waals surface area contributed by atoms with Crippen molar-refractivity contribution in [3.63, 3.8) is 0 Å². The molecule has 6 nitrogen and oxygen atoms in total. The lowest BCUT2D eigenvalue weighted by Gasteiger charge is -2.21. The van der Waals surface area contributed by atoms with Crippen molar-refractivity contribution >= 4 is 11.7 Å². The van der Waals surface area contributed by atoms with Gasteiger partial charge in [-0.2, -0.15) is 0 Å². The molecule has 3 rings (SSSR count). The number of carboxylic acid groups (broad SMARTS) is 1. The van der Waals surface area contributed by atoms with Crippen LogP contribution in [0.15, 0.2) is 30.3 Å². The second-order valence-corrected chi connectivity index (χ2v) is 5.85. The number of aromatic carboxylic acids is 1. The third-order valence-corrected chi connectivity index (χ3v) is 4.42. The van der Waals surface area contributed by atoms with Crippen molar-refractivity contribution in [2.75, 3.05) is 32.8 Å². The number of hydrogen-bond acceptors (Lipinski definition) is 5. The first-order valence-corrected chi connectivity index (χ1v) is 7.97. The number of fused-ring (bicyclic) bond motifs is 1. The van der Waals surface area contributed by atoms with Crippen molar-refractivity contribution in [1.82, 2.24) is 0 Å². The second-order valence-electron chi connectivity index (χ2n) is 5.85. The monoisotopic (exact) mass is 343 g/mol. The summed E-state index contributed by atoms with van der Waals surface area (Å²) in [5.74, 6) is 0.859. The largest absolute Gasteiger partial charge is 0.493 e. The minimum absolute atomic E-state index is 0.301. The van der Waals surface area contributed by atoms with Gasteiger partial charge in [-0.05, 0) is 41.8 Å². The van der Waals surface area contributed by atoms with Crippen LogP contribution in [-0.4, -0.2) is 38.9 Å². The minimum atomic E-state index is -0.914. The zero-order valence-corrected chi connectivity index (χ0v) is 14.5. The van der Waals surface area contributed by atoms with Crippen molar-refractivity contribution in [3.8, 4) is 17.2 Å². The fourth-order valence-electron chi connectivity index (χ4n) is 3.19. The smallest absolute Gasteiger partial charge is 0.335 e. The maximum absolute atomic E-state index is 11.2. The molecular formula is C19H21NO5. The number of methoxy groups -OCH3 is 3. The molecule has 0 amide bonds. The van der Waals surface area contributed by atoms with Crippen molar-refractivity contribution in [2.45, 2.75) is 13.0 Å². The lowest BCUT2D eigenvalue weighted by molar-refractivity contribution is 0.0697. The van der Waals surface area contributed by atoms with Gasteiger partial charge in [0.1, 0.15) is 0 Å². The van der Waals surface area contributed by atoms with Crippen molar-refractivity contribution in [3.05, 3.63) is 47.0 Å². The van der Waals surface area contributed by atoms with Gasteiger partial charge in [0.25, 0.3) is 0 Å². The molecule has 1 aliphatic heterocycles. The average Bonchev–Trinajstić information content (AvgIpc) is 3.02. The number of hydrogen-bond donors (Lipinski definition) is 1. The highest BCUT2D eigenvalue weighted by Crippen LogP contribution is 2.39. The zero-order chi connectivity index (χ0) is 18.0. The maximum atomic E-state index is 11.2. The molecule has 0 bridgehead atoms. The Kier molecular flexibility index (Phi) is 4.70. The number of ether oxygens (including phenoxy) is 3. The van der Waals surface area contributed by atoms with E-state index in [0.717, 1.165) is 29.8 Å². The minimum Gasteiger partial charge on any atom is -0.493 e. The lowest BCUT2D eigenvalue weighted by Crippen LogP contribution is -2.20. The summed E-state index contributed by atoms with van der Waals surface area (Å²) >= 11 is 0. The van der Waals surface area contributed by atoms with Crippen LogP contribution in [0.5, 0.6) is 17.2 Å². The van der Waals surface area contributed by atoms with Gasteiger partial charge < -0.3 is 24.2 Å². The molecular weight excluding hydrogens is 322 g/mol. The molecule has 0 fully saturated rings. The van der Waals surface area contributed by atoms with Gasteiger partial charge in [-0.25, -0.2) is 4.79 Å². The average molecular weight is 343 g/mol. The molecule has 0 aromatic heterocycles. The Labute approximate surface area is 146 Å². The Morgan fingerprint density at radius 1 is 1.08 bits per heavy atom. The van der Waals surface area contributed by atoms with Crippen LogP contribution in [0.1, 0.15) is 21.5 Å². The predicted octanol–water partition coefficient (Wildman–Crippen LogP) is 2.97. The fourth-order valence-corrected chi connectivity index (χ4v) is 3.19. The van der Waals surface area contributed by atoms with Gasteiger partial charge in [-0.1, -0.05) is 6.07 Å².